The number of aromatic amines is 1. The molecule has 1 aliphatic rings. The zero-order chi connectivity index (χ0) is 23.7. The molecule has 4 aromatic rings. The largest absolute Gasteiger partial charge is 0.447 e. The Hall–Kier alpha value is -3.95. The lowest BCUT2D eigenvalue weighted by atomic mass is 10.0. The molecule has 2 aromatic carbocycles. The standard InChI is InChI=1S/C24H20ClN5O4/c1-33-6-7-34-24(32)27-16-3-4-18(25)17(11-16)22-29-20-9-15(12-26-23(20)30-22)13-2-5-19-14(8-13)10-21(31)28-19/h2-5,8-9,11-12H,6-7,10H2,1H3,(H,27,32)(H,28,31)(H,26,29,30). The van der Waals surface area contributed by atoms with Gasteiger partial charge < -0.3 is 19.8 Å². The van der Waals surface area contributed by atoms with Crippen molar-refractivity contribution in [1.82, 2.24) is 15.0 Å². The number of H-pyrrole nitrogens is 1. The van der Waals surface area contributed by atoms with Crippen LogP contribution in [-0.4, -0.2) is 47.3 Å². The number of nitrogens with zero attached hydrogens (tertiary/aromatic N) is 2. The minimum absolute atomic E-state index is 0.00391. The number of imidazole rings is 1. The van der Waals surface area contributed by atoms with E-state index in [-0.39, 0.29) is 12.5 Å². The highest BCUT2D eigenvalue weighted by Crippen LogP contribution is 2.32. The molecule has 2 amide bonds. The van der Waals surface area contributed by atoms with Gasteiger partial charge in [0.25, 0.3) is 0 Å². The number of benzene rings is 2. The molecule has 0 saturated heterocycles. The molecule has 1 aliphatic heterocycles. The number of halogens is 1. The SMILES string of the molecule is COCCOC(=O)Nc1ccc(Cl)c(-c2nc3ncc(-c4ccc5c(c4)CC(=O)N5)cc3[nH]2)c1. The number of nitrogens with one attached hydrogen (secondary N) is 3. The van der Waals surface area contributed by atoms with Gasteiger partial charge in [0.05, 0.1) is 23.6 Å². The van der Waals surface area contributed by atoms with Crippen molar-refractivity contribution in [3.63, 3.8) is 0 Å². The molecule has 0 unspecified atom stereocenters. The topological polar surface area (TPSA) is 118 Å². The lowest BCUT2D eigenvalue weighted by molar-refractivity contribution is -0.115. The first-order valence-electron chi connectivity index (χ1n) is 10.5. The van der Waals surface area contributed by atoms with E-state index in [4.69, 9.17) is 21.1 Å². The van der Waals surface area contributed by atoms with Crippen molar-refractivity contribution in [2.45, 2.75) is 6.42 Å². The second kappa shape index (κ2) is 9.12. The Morgan fingerprint density at radius 1 is 1.15 bits per heavy atom. The summed E-state index contributed by atoms with van der Waals surface area (Å²) in [4.78, 5) is 35.9. The molecule has 172 valence electrons. The number of amides is 2. The number of carbonyl (C=O) groups excluding carboxylic acids is 2. The van der Waals surface area contributed by atoms with Crippen LogP contribution in [0, 0.1) is 0 Å². The van der Waals surface area contributed by atoms with Gasteiger partial charge in [-0.1, -0.05) is 17.7 Å². The summed E-state index contributed by atoms with van der Waals surface area (Å²) in [6.45, 7) is 0.463. The molecule has 3 heterocycles. The van der Waals surface area contributed by atoms with E-state index < -0.39 is 6.09 Å². The second-order valence-electron chi connectivity index (χ2n) is 7.73. The number of rotatable bonds is 6. The van der Waals surface area contributed by atoms with Crippen molar-refractivity contribution >= 4 is 46.1 Å². The third-order valence-electron chi connectivity index (χ3n) is 5.39. The highest BCUT2D eigenvalue weighted by atomic mass is 35.5. The molecular formula is C24H20ClN5O4. The van der Waals surface area contributed by atoms with Crippen LogP contribution in [-0.2, 0) is 20.7 Å². The monoisotopic (exact) mass is 477 g/mol. The van der Waals surface area contributed by atoms with Crippen molar-refractivity contribution in [1.29, 1.82) is 0 Å². The summed E-state index contributed by atoms with van der Waals surface area (Å²) in [5.41, 5.74) is 6.04. The molecule has 0 atom stereocenters. The summed E-state index contributed by atoms with van der Waals surface area (Å²) in [7, 11) is 1.53. The summed E-state index contributed by atoms with van der Waals surface area (Å²) < 4.78 is 9.90. The van der Waals surface area contributed by atoms with E-state index in [1.807, 2.05) is 24.3 Å². The van der Waals surface area contributed by atoms with Crippen LogP contribution in [0.3, 0.4) is 0 Å². The third kappa shape index (κ3) is 4.43. The third-order valence-corrected chi connectivity index (χ3v) is 5.72. The molecule has 0 spiro atoms. The number of fused-ring (bicyclic) bond motifs is 2. The molecule has 9 nitrogen and oxygen atoms in total. The van der Waals surface area contributed by atoms with Crippen molar-refractivity contribution in [3.8, 4) is 22.5 Å². The predicted molar refractivity (Wildman–Crippen MR) is 129 cm³/mol. The molecule has 3 N–H and O–H groups in total. The Kier molecular flexibility index (Phi) is 5.87. The van der Waals surface area contributed by atoms with Crippen molar-refractivity contribution in [2.75, 3.05) is 31.0 Å². The van der Waals surface area contributed by atoms with E-state index in [9.17, 15) is 9.59 Å². The van der Waals surface area contributed by atoms with Gasteiger partial charge in [-0.2, -0.15) is 0 Å². The Bertz CT molecular complexity index is 1420. The first kappa shape index (κ1) is 21.9. The van der Waals surface area contributed by atoms with E-state index >= 15 is 0 Å². The molecule has 0 saturated carbocycles. The van der Waals surface area contributed by atoms with Crippen LogP contribution >= 0.6 is 11.6 Å². The van der Waals surface area contributed by atoms with Crippen LogP contribution in [0.1, 0.15) is 5.56 Å². The van der Waals surface area contributed by atoms with Gasteiger partial charge >= 0.3 is 6.09 Å². The lowest BCUT2D eigenvalue weighted by Crippen LogP contribution is -2.16. The molecule has 0 bridgehead atoms. The number of pyridine rings is 1. The molecule has 0 aliphatic carbocycles. The molecular weight excluding hydrogens is 458 g/mol. The van der Waals surface area contributed by atoms with Gasteiger partial charge in [-0.3, -0.25) is 10.1 Å². The number of ether oxygens (including phenoxy) is 2. The molecule has 0 fully saturated rings. The molecule has 2 aromatic heterocycles. The smallest absolute Gasteiger partial charge is 0.411 e. The Morgan fingerprint density at radius 2 is 2.03 bits per heavy atom. The predicted octanol–water partition coefficient (Wildman–Crippen LogP) is 4.63. The van der Waals surface area contributed by atoms with Crippen LogP contribution < -0.4 is 10.6 Å². The minimum Gasteiger partial charge on any atom is -0.447 e. The summed E-state index contributed by atoms with van der Waals surface area (Å²) in [5.74, 6) is 0.514. The summed E-state index contributed by atoms with van der Waals surface area (Å²) in [5, 5.41) is 5.97. The van der Waals surface area contributed by atoms with Gasteiger partial charge in [-0.25, -0.2) is 14.8 Å². The number of hydrogen-bond donors (Lipinski definition) is 3. The number of hydrogen-bond acceptors (Lipinski definition) is 6. The van der Waals surface area contributed by atoms with Crippen molar-refractivity contribution in [2.24, 2.45) is 0 Å². The van der Waals surface area contributed by atoms with Crippen molar-refractivity contribution in [3.05, 3.63) is 59.2 Å². The van der Waals surface area contributed by atoms with Crippen LogP contribution in [0.25, 0.3) is 33.7 Å². The maximum atomic E-state index is 11.9. The molecule has 5 rings (SSSR count). The first-order valence-corrected chi connectivity index (χ1v) is 10.9. The van der Waals surface area contributed by atoms with Crippen LogP contribution in [0.5, 0.6) is 0 Å². The fourth-order valence-corrected chi connectivity index (χ4v) is 3.96. The number of methoxy groups -OCH3 is 1. The number of carbonyl (C=O) groups is 2. The fourth-order valence-electron chi connectivity index (χ4n) is 3.75. The van der Waals surface area contributed by atoms with Gasteiger partial charge in [-0.05, 0) is 47.5 Å². The zero-order valence-electron chi connectivity index (χ0n) is 18.1. The quantitative estimate of drug-likeness (QED) is 0.348. The number of anilines is 2. The van der Waals surface area contributed by atoms with Gasteiger partial charge in [0.2, 0.25) is 5.91 Å². The van der Waals surface area contributed by atoms with Crippen LogP contribution in [0.4, 0.5) is 16.2 Å². The normalized spacial score (nSPS) is 12.5. The van der Waals surface area contributed by atoms with Gasteiger partial charge in [0, 0.05) is 35.8 Å². The Balaban J connectivity index is 1.41. The Morgan fingerprint density at radius 3 is 2.88 bits per heavy atom. The van der Waals surface area contributed by atoms with Crippen molar-refractivity contribution < 1.29 is 19.1 Å². The minimum atomic E-state index is -0.590. The van der Waals surface area contributed by atoms with Gasteiger partial charge in [-0.15, -0.1) is 0 Å². The molecule has 10 heteroatoms. The van der Waals surface area contributed by atoms with E-state index in [0.717, 1.165) is 27.9 Å². The summed E-state index contributed by atoms with van der Waals surface area (Å²) in [6.07, 6.45) is 1.53. The van der Waals surface area contributed by atoms with E-state index in [2.05, 4.69) is 25.6 Å². The summed E-state index contributed by atoms with van der Waals surface area (Å²) in [6, 6.07) is 12.9. The first-order chi connectivity index (χ1) is 16.5. The van der Waals surface area contributed by atoms with Crippen LogP contribution in [0.15, 0.2) is 48.7 Å². The number of aromatic nitrogens is 3. The van der Waals surface area contributed by atoms with Gasteiger partial charge in [0.15, 0.2) is 5.65 Å². The fraction of sp³-hybridized carbons (Fsp3) is 0.167. The maximum absolute atomic E-state index is 11.9. The average Bonchev–Trinajstić information content (AvgIpc) is 3.41. The zero-order valence-corrected chi connectivity index (χ0v) is 18.9. The highest BCUT2D eigenvalue weighted by Gasteiger charge is 2.18. The molecule has 0 radical (unpaired) electrons. The highest BCUT2D eigenvalue weighted by molar-refractivity contribution is 6.33. The summed E-state index contributed by atoms with van der Waals surface area (Å²) >= 11 is 6.42. The van der Waals surface area contributed by atoms with Gasteiger partial charge in [0.1, 0.15) is 12.4 Å². The maximum Gasteiger partial charge on any atom is 0.411 e. The average molecular weight is 478 g/mol. The van der Waals surface area contributed by atoms with Crippen LogP contribution in [0.2, 0.25) is 5.02 Å². The Labute approximate surface area is 199 Å². The molecule has 34 heavy (non-hydrogen) atoms. The van der Waals surface area contributed by atoms with E-state index in [1.165, 1.54) is 7.11 Å². The second-order valence-corrected chi connectivity index (χ2v) is 8.13. The van der Waals surface area contributed by atoms with E-state index in [1.54, 1.807) is 24.4 Å². The van der Waals surface area contributed by atoms with E-state index in [0.29, 0.717) is 40.8 Å². The lowest BCUT2D eigenvalue weighted by Gasteiger charge is -2.08.